The highest BCUT2D eigenvalue weighted by atomic mass is 32.1. The van der Waals surface area contributed by atoms with Crippen molar-refractivity contribution in [3.05, 3.63) is 35.0 Å². The number of hydrogen-bond acceptors (Lipinski definition) is 4. The summed E-state index contributed by atoms with van der Waals surface area (Å²) in [5.41, 5.74) is 0. The Bertz CT molecular complexity index is 403. The number of thiophene rings is 1. The fraction of sp³-hybridized carbons (Fsp3) is 0.333. The van der Waals surface area contributed by atoms with Crippen molar-refractivity contribution in [1.29, 1.82) is 0 Å². The van der Waals surface area contributed by atoms with Gasteiger partial charge in [-0.05, 0) is 11.4 Å². The topological polar surface area (TPSA) is 69.6 Å². The molecule has 0 fully saturated rings. The first kappa shape index (κ1) is 14.4. The Balaban J connectivity index is 2.47. The number of carbonyl (C=O) groups is 2. The number of aliphatic carboxylic acids is 1. The molecule has 0 aliphatic rings. The Hall–Kier alpha value is -1.66. The van der Waals surface area contributed by atoms with Gasteiger partial charge in [0.2, 0.25) is 5.91 Å². The van der Waals surface area contributed by atoms with Gasteiger partial charge in [-0.1, -0.05) is 12.1 Å². The maximum Gasteiger partial charge on any atom is 0.317 e. The van der Waals surface area contributed by atoms with E-state index in [2.05, 4.69) is 11.9 Å². The van der Waals surface area contributed by atoms with Gasteiger partial charge < -0.3 is 10.0 Å². The number of hydrogen-bond donors (Lipinski definition) is 2. The lowest BCUT2D eigenvalue weighted by Gasteiger charge is -2.20. The summed E-state index contributed by atoms with van der Waals surface area (Å²) in [5.74, 6) is -1.11. The molecule has 6 heteroatoms. The zero-order chi connectivity index (χ0) is 13.4. The standard InChI is InChI=1S/C12H16N2O3S/c1-2-5-14(9-10-4-3-6-18-10)11(15)7-13-8-12(16)17/h2-4,6,13H,1,5,7-9H2,(H,16,17). The van der Waals surface area contributed by atoms with Crippen molar-refractivity contribution >= 4 is 23.2 Å². The molecule has 0 spiro atoms. The lowest BCUT2D eigenvalue weighted by atomic mass is 10.3. The van der Waals surface area contributed by atoms with Gasteiger partial charge in [0.15, 0.2) is 0 Å². The molecule has 0 saturated carbocycles. The lowest BCUT2D eigenvalue weighted by molar-refractivity contribution is -0.136. The summed E-state index contributed by atoms with van der Waals surface area (Å²) < 4.78 is 0. The summed E-state index contributed by atoms with van der Waals surface area (Å²) in [5, 5.41) is 13.0. The number of carbonyl (C=O) groups excluding carboxylic acids is 1. The third-order valence-corrected chi connectivity index (χ3v) is 3.04. The van der Waals surface area contributed by atoms with Gasteiger partial charge in [-0.25, -0.2) is 0 Å². The molecule has 0 unspecified atom stereocenters. The van der Waals surface area contributed by atoms with Crippen molar-refractivity contribution in [2.75, 3.05) is 19.6 Å². The summed E-state index contributed by atoms with van der Waals surface area (Å²) in [6.07, 6.45) is 1.66. The third kappa shape index (κ3) is 5.11. The maximum atomic E-state index is 11.9. The largest absolute Gasteiger partial charge is 0.480 e. The molecule has 0 aliphatic heterocycles. The molecular formula is C12H16N2O3S. The van der Waals surface area contributed by atoms with Gasteiger partial charge in [0.25, 0.3) is 0 Å². The predicted molar refractivity (Wildman–Crippen MR) is 70.4 cm³/mol. The second kappa shape index (κ2) is 7.62. The van der Waals surface area contributed by atoms with Crippen LogP contribution in [0.4, 0.5) is 0 Å². The summed E-state index contributed by atoms with van der Waals surface area (Å²) in [7, 11) is 0. The molecule has 0 aromatic carbocycles. The third-order valence-electron chi connectivity index (χ3n) is 2.18. The van der Waals surface area contributed by atoms with Gasteiger partial charge in [0.1, 0.15) is 0 Å². The molecule has 1 aromatic rings. The van der Waals surface area contributed by atoms with Crippen molar-refractivity contribution in [2.45, 2.75) is 6.54 Å². The molecule has 0 radical (unpaired) electrons. The number of nitrogens with zero attached hydrogens (tertiary/aromatic N) is 1. The fourth-order valence-corrected chi connectivity index (χ4v) is 2.11. The Kier molecular flexibility index (Phi) is 6.10. The van der Waals surface area contributed by atoms with E-state index in [0.29, 0.717) is 13.1 Å². The molecule has 18 heavy (non-hydrogen) atoms. The molecule has 5 nitrogen and oxygen atoms in total. The van der Waals surface area contributed by atoms with Crippen LogP contribution in [0, 0.1) is 0 Å². The average molecular weight is 268 g/mol. The van der Waals surface area contributed by atoms with E-state index in [0.717, 1.165) is 4.88 Å². The highest BCUT2D eigenvalue weighted by molar-refractivity contribution is 7.09. The zero-order valence-corrected chi connectivity index (χ0v) is 10.8. The minimum Gasteiger partial charge on any atom is -0.480 e. The number of rotatable bonds is 8. The average Bonchev–Trinajstić information content (AvgIpc) is 2.80. The minimum absolute atomic E-state index is 0.0194. The smallest absolute Gasteiger partial charge is 0.317 e. The van der Waals surface area contributed by atoms with E-state index in [4.69, 9.17) is 5.11 Å². The molecular weight excluding hydrogens is 252 g/mol. The summed E-state index contributed by atoms with van der Waals surface area (Å²) in [6, 6.07) is 3.89. The summed E-state index contributed by atoms with van der Waals surface area (Å²) >= 11 is 1.58. The van der Waals surface area contributed by atoms with E-state index in [1.54, 1.807) is 22.3 Å². The normalized spacial score (nSPS) is 10.0. The van der Waals surface area contributed by atoms with Gasteiger partial charge in [-0.15, -0.1) is 17.9 Å². The molecule has 1 rings (SSSR count). The van der Waals surface area contributed by atoms with Crippen LogP contribution in [0.3, 0.4) is 0 Å². The summed E-state index contributed by atoms with van der Waals surface area (Å²) in [4.78, 5) is 24.9. The Labute approximate surface area is 110 Å². The van der Waals surface area contributed by atoms with Gasteiger partial charge in [0, 0.05) is 11.4 Å². The van der Waals surface area contributed by atoms with E-state index in [1.165, 1.54) is 0 Å². The van der Waals surface area contributed by atoms with Crippen LogP contribution < -0.4 is 5.32 Å². The highest BCUT2D eigenvalue weighted by Crippen LogP contribution is 2.11. The maximum absolute atomic E-state index is 11.9. The van der Waals surface area contributed by atoms with E-state index >= 15 is 0 Å². The monoisotopic (exact) mass is 268 g/mol. The van der Waals surface area contributed by atoms with Gasteiger partial charge in [-0.3, -0.25) is 14.9 Å². The van der Waals surface area contributed by atoms with Crippen molar-refractivity contribution < 1.29 is 14.7 Å². The molecule has 0 aliphatic carbocycles. The van der Waals surface area contributed by atoms with E-state index in [1.807, 2.05) is 17.5 Å². The number of carboxylic acid groups (broad SMARTS) is 1. The molecule has 2 N–H and O–H groups in total. The molecule has 98 valence electrons. The van der Waals surface area contributed by atoms with E-state index < -0.39 is 5.97 Å². The van der Waals surface area contributed by atoms with Crippen LogP contribution in [0.25, 0.3) is 0 Å². The highest BCUT2D eigenvalue weighted by Gasteiger charge is 2.13. The molecule has 1 heterocycles. The molecule has 0 saturated heterocycles. The first-order valence-electron chi connectivity index (χ1n) is 5.47. The van der Waals surface area contributed by atoms with E-state index in [-0.39, 0.29) is 19.0 Å². The Morgan fingerprint density at radius 3 is 2.83 bits per heavy atom. The molecule has 1 amide bonds. The zero-order valence-electron chi connectivity index (χ0n) is 9.96. The second-order valence-electron chi connectivity index (χ2n) is 3.64. The Morgan fingerprint density at radius 1 is 1.50 bits per heavy atom. The van der Waals surface area contributed by atoms with Crippen LogP contribution in [-0.4, -0.2) is 41.5 Å². The van der Waals surface area contributed by atoms with Crippen molar-refractivity contribution in [3.8, 4) is 0 Å². The van der Waals surface area contributed by atoms with Crippen LogP contribution in [0.5, 0.6) is 0 Å². The number of nitrogens with one attached hydrogen (secondary N) is 1. The SMILES string of the molecule is C=CCN(Cc1cccs1)C(=O)CNCC(=O)O. The van der Waals surface area contributed by atoms with Crippen molar-refractivity contribution in [1.82, 2.24) is 10.2 Å². The quantitative estimate of drug-likeness (QED) is 0.688. The first-order valence-corrected chi connectivity index (χ1v) is 6.35. The number of amides is 1. The van der Waals surface area contributed by atoms with Crippen LogP contribution in [0.1, 0.15) is 4.88 Å². The first-order chi connectivity index (χ1) is 8.63. The van der Waals surface area contributed by atoms with Crippen molar-refractivity contribution in [3.63, 3.8) is 0 Å². The molecule has 1 aromatic heterocycles. The van der Waals surface area contributed by atoms with Gasteiger partial charge in [0.05, 0.1) is 19.6 Å². The number of carboxylic acids is 1. The minimum atomic E-state index is -0.976. The Morgan fingerprint density at radius 2 is 2.28 bits per heavy atom. The predicted octanol–water partition coefficient (Wildman–Crippen LogP) is 0.937. The van der Waals surface area contributed by atoms with Crippen LogP contribution in [0.2, 0.25) is 0 Å². The molecule has 0 atom stereocenters. The fourth-order valence-electron chi connectivity index (χ4n) is 1.39. The van der Waals surface area contributed by atoms with E-state index in [9.17, 15) is 9.59 Å². The lowest BCUT2D eigenvalue weighted by Crippen LogP contribution is -2.39. The van der Waals surface area contributed by atoms with Crippen LogP contribution in [0.15, 0.2) is 30.2 Å². The van der Waals surface area contributed by atoms with Crippen LogP contribution >= 0.6 is 11.3 Å². The van der Waals surface area contributed by atoms with Gasteiger partial charge >= 0.3 is 5.97 Å². The molecule has 0 bridgehead atoms. The summed E-state index contributed by atoms with van der Waals surface area (Å²) in [6.45, 7) is 4.39. The van der Waals surface area contributed by atoms with Crippen molar-refractivity contribution in [2.24, 2.45) is 0 Å². The second-order valence-corrected chi connectivity index (χ2v) is 4.67. The van der Waals surface area contributed by atoms with Crippen LogP contribution in [-0.2, 0) is 16.1 Å². The van der Waals surface area contributed by atoms with Gasteiger partial charge in [-0.2, -0.15) is 0 Å².